The topological polar surface area (TPSA) is 99.9 Å². The van der Waals surface area contributed by atoms with Gasteiger partial charge in [0.1, 0.15) is 5.78 Å². The number of rotatable bonds is 4. The average molecular weight is 538 g/mol. The molecule has 1 aromatic rings. The van der Waals surface area contributed by atoms with Crippen molar-refractivity contribution in [2.24, 2.45) is 5.41 Å². The van der Waals surface area contributed by atoms with E-state index in [9.17, 15) is 19.6 Å². The molecule has 8 nitrogen and oxygen atoms in total. The van der Waals surface area contributed by atoms with Crippen LogP contribution in [0.5, 0.6) is 11.5 Å². The number of likely N-dealkylation sites (N-methyl/N-ethyl adjacent to an activating group) is 1. The minimum absolute atomic E-state index is 0.0430. The predicted molar refractivity (Wildman–Crippen MR) is 122 cm³/mol. The van der Waals surface area contributed by atoms with Gasteiger partial charge in [0.15, 0.2) is 21.2 Å². The van der Waals surface area contributed by atoms with Crippen molar-refractivity contribution in [3.8, 4) is 17.6 Å². The standard InChI is InChI=1S/C21H20BrN3O5S2/c1-11(26)4-5-20(9-23)8-21-18(28)24(3)19(2,31-32-21)17(27)25(21)16(20)12-6-14-15(7-13(12)22)30-10-29-14/h6-7,16H,4-5,8,10H2,1-3H3. The summed E-state index contributed by atoms with van der Waals surface area (Å²) < 4.78 is 11.7. The summed E-state index contributed by atoms with van der Waals surface area (Å²) in [6.07, 6.45) is 0.580. The van der Waals surface area contributed by atoms with Crippen molar-refractivity contribution in [2.75, 3.05) is 13.8 Å². The highest BCUT2D eigenvalue weighted by atomic mass is 79.9. The minimum atomic E-state index is -1.21. The number of nitriles is 1. The van der Waals surface area contributed by atoms with Gasteiger partial charge in [-0.15, -0.1) is 0 Å². The largest absolute Gasteiger partial charge is 0.454 e. The number of Topliss-reactive ketones (excluding diaryl/α,β-unsaturated/α-hetero) is 1. The van der Waals surface area contributed by atoms with Gasteiger partial charge in [-0.2, -0.15) is 5.26 Å². The third-order valence-electron chi connectivity index (χ3n) is 6.89. The Balaban J connectivity index is 1.74. The molecular weight excluding hydrogens is 518 g/mol. The summed E-state index contributed by atoms with van der Waals surface area (Å²) >= 11 is 3.59. The van der Waals surface area contributed by atoms with Gasteiger partial charge in [-0.3, -0.25) is 9.59 Å². The lowest BCUT2D eigenvalue weighted by Gasteiger charge is -2.57. The molecule has 4 saturated heterocycles. The van der Waals surface area contributed by atoms with E-state index in [0.717, 1.165) is 0 Å². The maximum Gasteiger partial charge on any atom is 0.261 e. The molecule has 168 valence electrons. The van der Waals surface area contributed by atoms with Crippen LogP contribution in [0.15, 0.2) is 16.6 Å². The number of piperazine rings is 1. The molecule has 6 rings (SSSR count). The number of benzene rings is 1. The Morgan fingerprint density at radius 1 is 1.28 bits per heavy atom. The molecule has 5 aliphatic rings. The van der Waals surface area contributed by atoms with E-state index in [1.807, 2.05) is 0 Å². The molecule has 1 spiro atoms. The third-order valence-corrected chi connectivity index (χ3v) is 11.3. The van der Waals surface area contributed by atoms with Gasteiger partial charge in [-0.1, -0.05) is 37.5 Å². The summed E-state index contributed by atoms with van der Waals surface area (Å²) in [6.45, 7) is 3.31. The Morgan fingerprint density at radius 2 is 1.97 bits per heavy atom. The van der Waals surface area contributed by atoms with Crippen molar-refractivity contribution in [3.63, 3.8) is 0 Å². The molecule has 0 N–H and O–H groups in total. The summed E-state index contributed by atoms with van der Waals surface area (Å²) in [6, 6.07) is 5.26. The van der Waals surface area contributed by atoms with Crippen LogP contribution in [0, 0.1) is 16.7 Å². The fourth-order valence-corrected chi connectivity index (χ4v) is 9.13. The maximum absolute atomic E-state index is 13.9. The second kappa shape index (κ2) is 7.05. The molecule has 0 aliphatic carbocycles. The molecule has 2 amide bonds. The van der Waals surface area contributed by atoms with Crippen LogP contribution in [0.25, 0.3) is 0 Å². The predicted octanol–water partition coefficient (Wildman–Crippen LogP) is 3.61. The zero-order valence-corrected chi connectivity index (χ0v) is 20.9. The monoisotopic (exact) mass is 537 g/mol. The van der Waals surface area contributed by atoms with E-state index < -0.39 is 21.2 Å². The second-order valence-corrected chi connectivity index (χ2v) is 12.4. The number of hydrogen-bond acceptors (Lipinski definition) is 8. The number of ketones is 1. The fraction of sp³-hybridized carbons (Fsp3) is 0.524. The van der Waals surface area contributed by atoms with E-state index in [1.54, 1.807) is 31.0 Å². The number of carbonyl (C=O) groups is 3. The van der Waals surface area contributed by atoms with Crippen molar-refractivity contribution in [2.45, 2.75) is 48.9 Å². The molecule has 32 heavy (non-hydrogen) atoms. The Bertz CT molecular complexity index is 1130. The second-order valence-electron chi connectivity index (χ2n) is 8.75. The molecule has 0 saturated carbocycles. The summed E-state index contributed by atoms with van der Waals surface area (Å²) in [7, 11) is 4.35. The molecule has 5 heterocycles. The Kier molecular flexibility index (Phi) is 4.83. The van der Waals surface area contributed by atoms with Gasteiger partial charge in [0.2, 0.25) is 6.79 Å². The highest BCUT2D eigenvalue weighted by molar-refractivity contribution is 9.10. The zero-order chi connectivity index (χ0) is 23.1. The molecule has 4 unspecified atom stereocenters. The van der Waals surface area contributed by atoms with Crippen LogP contribution in [-0.4, -0.2) is 51.0 Å². The molecule has 4 atom stereocenters. The number of halogens is 1. The first-order valence-corrected chi connectivity index (χ1v) is 13.0. The lowest BCUT2D eigenvalue weighted by Crippen LogP contribution is -2.73. The molecule has 2 bridgehead atoms. The van der Waals surface area contributed by atoms with Crippen LogP contribution in [0.4, 0.5) is 0 Å². The maximum atomic E-state index is 13.9. The van der Waals surface area contributed by atoms with E-state index >= 15 is 0 Å². The van der Waals surface area contributed by atoms with E-state index in [0.29, 0.717) is 21.5 Å². The number of amides is 2. The zero-order valence-electron chi connectivity index (χ0n) is 17.6. The molecule has 4 fully saturated rings. The van der Waals surface area contributed by atoms with Crippen molar-refractivity contribution in [3.05, 3.63) is 22.2 Å². The summed E-state index contributed by atoms with van der Waals surface area (Å²) in [4.78, 5) is 40.2. The average Bonchev–Trinajstić information content (AvgIpc) is 3.33. The number of fused-ring (bicyclic) bond motifs is 3. The minimum Gasteiger partial charge on any atom is -0.454 e. The summed E-state index contributed by atoms with van der Waals surface area (Å²) in [5.41, 5.74) is -0.459. The molecule has 11 heteroatoms. The van der Waals surface area contributed by atoms with Gasteiger partial charge in [0, 0.05) is 24.4 Å². The van der Waals surface area contributed by atoms with Crippen LogP contribution in [0.1, 0.15) is 44.7 Å². The Morgan fingerprint density at radius 3 is 2.62 bits per heavy atom. The molecular formula is C21H20BrN3O5S2. The van der Waals surface area contributed by atoms with Crippen LogP contribution in [0.3, 0.4) is 0 Å². The number of carbonyl (C=O) groups excluding carboxylic acids is 3. The van der Waals surface area contributed by atoms with Gasteiger partial charge >= 0.3 is 0 Å². The van der Waals surface area contributed by atoms with Gasteiger partial charge in [-0.25, -0.2) is 0 Å². The quantitative estimate of drug-likeness (QED) is 0.537. The SMILES string of the molecule is CC(=O)CCC1(C#N)CC23SSC(C)(C(=O)N2C1c1cc2c(cc1Br)OCO2)N(C)C3=O. The van der Waals surface area contributed by atoms with Gasteiger partial charge < -0.3 is 24.1 Å². The molecule has 0 aromatic heterocycles. The molecule has 5 aliphatic heterocycles. The first kappa shape index (κ1) is 21.9. The molecule has 1 aromatic carbocycles. The lowest BCUT2D eigenvalue weighted by atomic mass is 9.73. The first-order valence-electron chi connectivity index (χ1n) is 10.1. The van der Waals surface area contributed by atoms with E-state index in [1.165, 1.54) is 33.4 Å². The van der Waals surface area contributed by atoms with Crippen LogP contribution in [-0.2, 0) is 14.4 Å². The normalized spacial score (nSPS) is 34.7. The number of nitrogens with zero attached hydrogens (tertiary/aromatic N) is 3. The fourth-order valence-electron chi connectivity index (χ4n) is 5.05. The number of ether oxygens (including phenoxy) is 2. The van der Waals surface area contributed by atoms with E-state index in [-0.39, 0.29) is 43.7 Å². The highest BCUT2D eigenvalue weighted by Crippen LogP contribution is 2.70. The van der Waals surface area contributed by atoms with E-state index in [2.05, 4.69) is 22.0 Å². The highest BCUT2D eigenvalue weighted by Gasteiger charge is 2.75. The van der Waals surface area contributed by atoms with Crippen LogP contribution >= 0.6 is 37.5 Å². The van der Waals surface area contributed by atoms with Gasteiger partial charge in [0.25, 0.3) is 11.8 Å². The van der Waals surface area contributed by atoms with Crippen molar-refractivity contribution in [1.82, 2.24) is 9.80 Å². The van der Waals surface area contributed by atoms with E-state index in [4.69, 9.17) is 9.47 Å². The first-order chi connectivity index (χ1) is 15.1. The van der Waals surface area contributed by atoms with Crippen molar-refractivity contribution in [1.29, 1.82) is 5.26 Å². The van der Waals surface area contributed by atoms with Crippen molar-refractivity contribution < 1.29 is 23.9 Å². The number of hydrogen-bond donors (Lipinski definition) is 0. The smallest absolute Gasteiger partial charge is 0.261 e. The van der Waals surface area contributed by atoms with Gasteiger partial charge in [-0.05, 0) is 38.0 Å². The third kappa shape index (κ3) is 2.66. The molecule has 0 radical (unpaired) electrons. The Labute approximate surface area is 201 Å². The van der Waals surface area contributed by atoms with Crippen LogP contribution < -0.4 is 9.47 Å². The lowest BCUT2D eigenvalue weighted by molar-refractivity contribution is -0.164. The van der Waals surface area contributed by atoms with Crippen molar-refractivity contribution >= 4 is 55.1 Å². The van der Waals surface area contributed by atoms with Gasteiger partial charge in [0.05, 0.1) is 17.5 Å². The Hall–Kier alpha value is -1.90. The summed E-state index contributed by atoms with van der Waals surface area (Å²) in [5.74, 6) is 0.647. The summed E-state index contributed by atoms with van der Waals surface area (Å²) in [5, 5.41) is 10.5. The van der Waals surface area contributed by atoms with Crippen LogP contribution in [0.2, 0.25) is 0 Å².